The van der Waals surface area contributed by atoms with Gasteiger partial charge in [0.15, 0.2) is 0 Å². The molecule has 3 aromatic rings. The van der Waals surface area contributed by atoms with Crippen LogP contribution in [-0.2, 0) is 22.0 Å². The summed E-state index contributed by atoms with van der Waals surface area (Å²) in [7, 11) is 1.93. The topological polar surface area (TPSA) is 70.1 Å². The Hall–Kier alpha value is -2.09. The number of amides is 1. The van der Waals surface area contributed by atoms with Crippen molar-refractivity contribution in [1.29, 1.82) is 0 Å². The Morgan fingerprint density at radius 3 is 2.52 bits per heavy atom. The van der Waals surface area contributed by atoms with E-state index in [9.17, 15) is 4.79 Å². The van der Waals surface area contributed by atoms with Crippen molar-refractivity contribution in [1.82, 2.24) is 9.78 Å². The minimum absolute atomic E-state index is 0.269. The number of carbonyl (C=O) groups is 1. The van der Waals surface area contributed by atoms with E-state index < -0.39 is 5.41 Å². The molecule has 1 fully saturated rings. The molecular weight excluding hydrogens is 450 g/mol. The number of benzene rings is 2. The smallest absolute Gasteiger partial charge is 0.228 e. The van der Waals surface area contributed by atoms with Crippen LogP contribution in [0.3, 0.4) is 0 Å². The van der Waals surface area contributed by atoms with Gasteiger partial charge in [-0.15, -0.1) is 0 Å². The van der Waals surface area contributed by atoms with Crippen molar-refractivity contribution in [2.24, 2.45) is 12.8 Å². The minimum atomic E-state index is -0.634. The summed E-state index contributed by atoms with van der Waals surface area (Å²) >= 11 is 5.23. The van der Waals surface area contributed by atoms with Crippen LogP contribution in [0.25, 0.3) is 11.3 Å². The zero-order chi connectivity index (χ0) is 20.4. The van der Waals surface area contributed by atoms with Crippen LogP contribution in [0.1, 0.15) is 18.4 Å². The summed E-state index contributed by atoms with van der Waals surface area (Å²) in [6, 6.07) is 16.5. The third kappa shape index (κ3) is 3.99. The quantitative estimate of drug-likeness (QED) is 0.592. The summed E-state index contributed by atoms with van der Waals surface area (Å²) in [5.74, 6) is -0.269. The van der Waals surface area contributed by atoms with Gasteiger partial charge in [0, 0.05) is 35.6 Å². The molecule has 2 heterocycles. The Bertz CT molecular complexity index is 1010. The Morgan fingerprint density at radius 2 is 1.90 bits per heavy atom. The third-order valence-electron chi connectivity index (χ3n) is 5.46. The molecule has 5 nitrogen and oxygen atoms in total. The molecule has 1 amide bonds. The van der Waals surface area contributed by atoms with Gasteiger partial charge in [0.25, 0.3) is 0 Å². The number of rotatable bonds is 5. The maximum atomic E-state index is 12.3. The van der Waals surface area contributed by atoms with E-state index in [1.165, 1.54) is 0 Å². The van der Waals surface area contributed by atoms with Crippen molar-refractivity contribution in [3.8, 4) is 11.3 Å². The lowest BCUT2D eigenvalue weighted by Gasteiger charge is -2.34. The summed E-state index contributed by atoms with van der Waals surface area (Å²) in [6.07, 6.45) is 3.06. The Kier molecular flexibility index (Phi) is 5.81. The molecule has 2 aromatic carbocycles. The lowest BCUT2D eigenvalue weighted by atomic mass is 9.73. The number of hydrogen-bond acceptors (Lipinski definition) is 4. The first-order chi connectivity index (χ1) is 14.0. The average Bonchev–Trinajstić information content (AvgIpc) is 3.07. The Balaban J connectivity index is 1.57. The first-order valence-corrected chi connectivity index (χ1v) is 11.0. The van der Waals surface area contributed by atoms with Crippen LogP contribution in [0.4, 0.5) is 0 Å². The van der Waals surface area contributed by atoms with E-state index in [-0.39, 0.29) is 5.91 Å². The summed E-state index contributed by atoms with van der Waals surface area (Å²) in [5, 5.41) is 4.28. The van der Waals surface area contributed by atoms with Gasteiger partial charge in [-0.2, -0.15) is 5.10 Å². The molecule has 7 heteroatoms. The fourth-order valence-corrected chi connectivity index (χ4v) is 5.26. The molecule has 0 bridgehead atoms. The molecule has 0 saturated carbocycles. The van der Waals surface area contributed by atoms with Gasteiger partial charge in [0.2, 0.25) is 5.91 Å². The molecule has 150 valence electrons. The molecule has 0 aliphatic carbocycles. The van der Waals surface area contributed by atoms with Crippen LogP contribution in [-0.4, -0.2) is 28.9 Å². The summed E-state index contributed by atoms with van der Waals surface area (Å²) in [5.41, 5.74) is 8.31. The van der Waals surface area contributed by atoms with E-state index in [2.05, 4.69) is 57.4 Å². The fraction of sp³-hybridized carbons (Fsp3) is 0.273. The summed E-state index contributed by atoms with van der Waals surface area (Å²) in [4.78, 5) is 14.5. The number of nitrogens with zero attached hydrogens (tertiary/aromatic N) is 2. The zero-order valence-electron chi connectivity index (χ0n) is 16.1. The predicted molar refractivity (Wildman–Crippen MR) is 118 cm³/mol. The highest BCUT2D eigenvalue weighted by Crippen LogP contribution is 2.38. The molecule has 1 aliphatic heterocycles. The van der Waals surface area contributed by atoms with Crippen molar-refractivity contribution in [2.75, 3.05) is 13.2 Å². The maximum absolute atomic E-state index is 12.3. The van der Waals surface area contributed by atoms with Crippen molar-refractivity contribution in [3.63, 3.8) is 0 Å². The van der Waals surface area contributed by atoms with Crippen LogP contribution in [0.2, 0.25) is 0 Å². The van der Waals surface area contributed by atoms with Crippen molar-refractivity contribution in [2.45, 2.75) is 28.0 Å². The van der Waals surface area contributed by atoms with Gasteiger partial charge in [-0.25, -0.2) is 0 Å². The second-order valence-electron chi connectivity index (χ2n) is 7.18. The maximum Gasteiger partial charge on any atom is 0.228 e. The second kappa shape index (κ2) is 8.34. The van der Waals surface area contributed by atoms with Gasteiger partial charge in [0.05, 0.1) is 21.8 Å². The predicted octanol–water partition coefficient (Wildman–Crippen LogP) is 4.53. The number of nitrogens with two attached hydrogens (primary N) is 1. The van der Waals surface area contributed by atoms with E-state index in [0.717, 1.165) is 31.1 Å². The fourth-order valence-electron chi connectivity index (χ4n) is 3.81. The number of hydrogen-bond donors (Lipinski definition) is 1. The van der Waals surface area contributed by atoms with Gasteiger partial charge in [-0.05, 0) is 58.6 Å². The molecule has 0 atom stereocenters. The number of aromatic nitrogens is 2. The van der Waals surface area contributed by atoms with Gasteiger partial charge in [0.1, 0.15) is 0 Å². The van der Waals surface area contributed by atoms with Crippen molar-refractivity contribution >= 4 is 33.6 Å². The van der Waals surface area contributed by atoms with E-state index >= 15 is 0 Å². The monoisotopic (exact) mass is 471 g/mol. The lowest BCUT2D eigenvalue weighted by Crippen LogP contribution is -2.45. The highest BCUT2D eigenvalue weighted by molar-refractivity contribution is 9.10. The second-order valence-corrected chi connectivity index (χ2v) is 9.18. The normalized spacial score (nSPS) is 15.9. The van der Waals surface area contributed by atoms with Crippen LogP contribution in [0.15, 0.2) is 69.0 Å². The number of halogens is 1. The van der Waals surface area contributed by atoms with Crippen LogP contribution in [0, 0.1) is 0 Å². The van der Waals surface area contributed by atoms with Gasteiger partial charge in [-0.3, -0.25) is 9.48 Å². The van der Waals surface area contributed by atoms with E-state index in [4.69, 9.17) is 10.5 Å². The van der Waals surface area contributed by atoms with Crippen molar-refractivity contribution < 1.29 is 9.53 Å². The van der Waals surface area contributed by atoms with Crippen LogP contribution >= 0.6 is 27.7 Å². The standard InChI is InChI=1S/C22H22BrN3O2S/c1-26-20(19(23)14-25-26)15-5-7-17(8-6-15)29-18-4-2-3-16(13-18)22(21(24)27)9-11-28-12-10-22/h2-8,13-14H,9-12H2,1H3,(H2,24,27). The SMILES string of the molecule is Cn1ncc(Br)c1-c1ccc(Sc2cccc(C3(C(N)=O)CCOCC3)c2)cc1. The summed E-state index contributed by atoms with van der Waals surface area (Å²) in [6.45, 7) is 1.12. The van der Waals surface area contributed by atoms with Gasteiger partial charge >= 0.3 is 0 Å². The van der Waals surface area contributed by atoms with Gasteiger partial charge < -0.3 is 10.5 Å². The molecule has 29 heavy (non-hydrogen) atoms. The Morgan fingerprint density at radius 1 is 1.17 bits per heavy atom. The van der Waals surface area contributed by atoms with E-state index in [1.807, 2.05) is 23.9 Å². The summed E-state index contributed by atoms with van der Waals surface area (Å²) < 4.78 is 8.29. The number of ether oxygens (including phenoxy) is 1. The molecule has 2 N–H and O–H groups in total. The third-order valence-corrected chi connectivity index (χ3v) is 7.04. The van der Waals surface area contributed by atoms with Crippen molar-refractivity contribution in [3.05, 3.63) is 64.8 Å². The minimum Gasteiger partial charge on any atom is -0.381 e. The number of carbonyl (C=O) groups excluding carboxylic acids is 1. The molecule has 1 aromatic heterocycles. The van der Waals surface area contributed by atoms with Crippen LogP contribution < -0.4 is 5.73 Å². The van der Waals surface area contributed by atoms with E-state index in [0.29, 0.717) is 26.1 Å². The number of primary amides is 1. The highest BCUT2D eigenvalue weighted by atomic mass is 79.9. The lowest BCUT2D eigenvalue weighted by molar-refractivity contribution is -0.127. The largest absolute Gasteiger partial charge is 0.381 e. The molecule has 0 unspecified atom stereocenters. The van der Waals surface area contributed by atoms with E-state index in [1.54, 1.807) is 18.0 Å². The molecule has 4 rings (SSSR count). The Labute approximate surface area is 182 Å². The zero-order valence-corrected chi connectivity index (χ0v) is 18.5. The molecule has 1 saturated heterocycles. The average molecular weight is 472 g/mol. The van der Waals surface area contributed by atoms with Crippen LogP contribution in [0.5, 0.6) is 0 Å². The highest BCUT2D eigenvalue weighted by Gasteiger charge is 2.40. The molecule has 0 spiro atoms. The molecule has 0 radical (unpaired) electrons. The first-order valence-electron chi connectivity index (χ1n) is 9.43. The first kappa shape index (κ1) is 20.2. The molecule has 1 aliphatic rings. The molecular formula is C22H22BrN3O2S. The van der Waals surface area contributed by atoms with Gasteiger partial charge in [-0.1, -0.05) is 36.0 Å². The number of aryl methyl sites for hydroxylation is 1.